The Morgan fingerprint density at radius 3 is 2.39 bits per heavy atom. The lowest BCUT2D eigenvalue weighted by Gasteiger charge is -2.15. The van der Waals surface area contributed by atoms with Gasteiger partial charge in [-0.1, -0.05) is 34.6 Å². The molecule has 2 nitrogen and oxygen atoms in total. The van der Waals surface area contributed by atoms with Gasteiger partial charge in [-0.2, -0.15) is 0 Å². The molecule has 0 saturated carbocycles. The van der Waals surface area contributed by atoms with Crippen LogP contribution >= 0.6 is 15.9 Å². The number of hydrogen-bond donors (Lipinski definition) is 1. The van der Waals surface area contributed by atoms with Gasteiger partial charge >= 0.3 is 6.36 Å². The van der Waals surface area contributed by atoms with Crippen molar-refractivity contribution in [3.8, 4) is 5.75 Å². The minimum absolute atomic E-state index is 0.0132. The fourth-order valence-corrected chi connectivity index (χ4v) is 1.50. The van der Waals surface area contributed by atoms with Gasteiger partial charge in [0.25, 0.3) is 0 Å². The Kier molecular flexibility index (Phi) is 5.22. The van der Waals surface area contributed by atoms with Crippen molar-refractivity contribution < 1.29 is 17.9 Å². The summed E-state index contributed by atoms with van der Waals surface area (Å²) >= 11 is 3.22. The number of alkyl halides is 3. The third-order valence-electron chi connectivity index (χ3n) is 2.21. The summed E-state index contributed by atoms with van der Waals surface area (Å²) in [4.78, 5) is 0. The van der Waals surface area contributed by atoms with Crippen molar-refractivity contribution in [2.75, 3.05) is 6.54 Å². The molecule has 6 heteroatoms. The van der Waals surface area contributed by atoms with Crippen LogP contribution in [0.25, 0.3) is 0 Å². The highest BCUT2D eigenvalue weighted by Gasteiger charge is 2.30. The monoisotopic (exact) mass is 323 g/mol. The zero-order valence-electron chi connectivity index (χ0n) is 9.72. The zero-order valence-corrected chi connectivity index (χ0v) is 11.3. The molecule has 0 amide bonds. The predicted molar refractivity (Wildman–Crippen MR) is 67.6 cm³/mol. The van der Waals surface area contributed by atoms with Crippen LogP contribution in [0, 0.1) is 0 Å². The Balaban J connectivity index is 2.62. The lowest BCUT2D eigenvalue weighted by Crippen LogP contribution is -2.20. The maximum Gasteiger partial charge on any atom is 0.573 e. The van der Waals surface area contributed by atoms with Crippen LogP contribution in [0.15, 0.2) is 35.3 Å². The summed E-state index contributed by atoms with van der Waals surface area (Å²) in [7, 11) is 0. The average Bonchev–Trinajstić information content (AvgIpc) is 2.24. The van der Waals surface area contributed by atoms with Crippen LogP contribution in [0.3, 0.4) is 0 Å². The average molecular weight is 324 g/mol. The SMILES string of the molecule is C=C(Br)CNC(C)c1ccc(OC(F)(F)F)cc1. The van der Waals surface area contributed by atoms with E-state index in [1.807, 2.05) is 6.92 Å². The third kappa shape index (κ3) is 5.55. The largest absolute Gasteiger partial charge is 0.573 e. The van der Waals surface area contributed by atoms with Gasteiger partial charge in [-0.15, -0.1) is 13.2 Å². The first-order chi connectivity index (χ1) is 8.28. The molecule has 0 bridgehead atoms. The fourth-order valence-electron chi connectivity index (χ4n) is 1.34. The van der Waals surface area contributed by atoms with Crippen molar-refractivity contribution in [1.82, 2.24) is 5.32 Å². The molecule has 1 rings (SSSR count). The van der Waals surface area contributed by atoms with Crippen molar-refractivity contribution in [3.05, 3.63) is 40.9 Å². The molecule has 0 fully saturated rings. The van der Waals surface area contributed by atoms with Gasteiger partial charge in [0.1, 0.15) is 5.75 Å². The zero-order chi connectivity index (χ0) is 13.8. The van der Waals surface area contributed by atoms with E-state index < -0.39 is 6.36 Å². The molecule has 1 aromatic carbocycles. The Hall–Kier alpha value is -1.01. The van der Waals surface area contributed by atoms with Crippen molar-refractivity contribution in [2.24, 2.45) is 0 Å². The number of ether oxygens (including phenoxy) is 1. The third-order valence-corrected chi connectivity index (χ3v) is 2.49. The van der Waals surface area contributed by atoms with Crippen LogP contribution in [0.1, 0.15) is 18.5 Å². The maximum absolute atomic E-state index is 12.0. The van der Waals surface area contributed by atoms with E-state index in [-0.39, 0.29) is 11.8 Å². The lowest BCUT2D eigenvalue weighted by atomic mass is 10.1. The molecule has 0 aromatic heterocycles. The smallest absolute Gasteiger partial charge is 0.406 e. The Bertz CT molecular complexity index is 403. The summed E-state index contributed by atoms with van der Waals surface area (Å²) in [6.45, 7) is 6.18. The molecule has 0 aliphatic carbocycles. The quantitative estimate of drug-likeness (QED) is 0.879. The summed E-state index contributed by atoms with van der Waals surface area (Å²) in [6, 6.07) is 5.79. The van der Waals surface area contributed by atoms with E-state index in [0.29, 0.717) is 6.54 Å². The summed E-state index contributed by atoms with van der Waals surface area (Å²) in [6.07, 6.45) is -4.65. The van der Waals surface area contributed by atoms with Gasteiger partial charge in [0, 0.05) is 17.1 Å². The normalized spacial score (nSPS) is 13.2. The van der Waals surface area contributed by atoms with Gasteiger partial charge in [0.15, 0.2) is 0 Å². The van der Waals surface area contributed by atoms with E-state index in [9.17, 15) is 13.2 Å². The molecular weight excluding hydrogens is 311 g/mol. The second-order valence-corrected chi connectivity index (χ2v) is 4.86. The van der Waals surface area contributed by atoms with Crippen LogP contribution in [0.5, 0.6) is 5.75 Å². The van der Waals surface area contributed by atoms with Crippen LogP contribution in [-0.4, -0.2) is 12.9 Å². The number of benzene rings is 1. The van der Waals surface area contributed by atoms with E-state index in [1.54, 1.807) is 12.1 Å². The first-order valence-electron chi connectivity index (χ1n) is 5.20. The summed E-state index contributed by atoms with van der Waals surface area (Å²) in [5.41, 5.74) is 0.873. The van der Waals surface area contributed by atoms with Crippen molar-refractivity contribution in [1.29, 1.82) is 0 Å². The van der Waals surface area contributed by atoms with Crippen LogP contribution in [-0.2, 0) is 0 Å². The van der Waals surface area contributed by atoms with E-state index in [0.717, 1.165) is 10.0 Å². The lowest BCUT2D eigenvalue weighted by molar-refractivity contribution is -0.274. The molecule has 0 radical (unpaired) electrons. The molecule has 1 aromatic rings. The minimum atomic E-state index is -4.65. The highest BCUT2D eigenvalue weighted by atomic mass is 79.9. The van der Waals surface area contributed by atoms with Crippen molar-refractivity contribution in [3.63, 3.8) is 0 Å². The Morgan fingerprint density at radius 2 is 1.94 bits per heavy atom. The fraction of sp³-hybridized carbons (Fsp3) is 0.333. The topological polar surface area (TPSA) is 21.3 Å². The van der Waals surface area contributed by atoms with Crippen LogP contribution < -0.4 is 10.1 Å². The molecule has 0 saturated heterocycles. The molecule has 18 heavy (non-hydrogen) atoms. The van der Waals surface area contributed by atoms with E-state index >= 15 is 0 Å². The number of nitrogens with one attached hydrogen (secondary N) is 1. The summed E-state index contributed by atoms with van der Waals surface area (Å²) in [5, 5.41) is 3.16. The molecule has 0 aliphatic heterocycles. The number of hydrogen-bond acceptors (Lipinski definition) is 2. The number of halogens is 4. The standard InChI is InChI=1S/C12H13BrF3NO/c1-8(13)7-17-9(2)10-3-5-11(6-4-10)18-12(14,15)16/h3-6,9,17H,1,7H2,2H3. The first kappa shape index (κ1) is 15.0. The molecule has 1 atom stereocenters. The molecule has 0 aliphatic rings. The van der Waals surface area contributed by atoms with E-state index in [1.165, 1.54) is 12.1 Å². The van der Waals surface area contributed by atoms with Crippen molar-refractivity contribution >= 4 is 15.9 Å². The summed E-state index contributed by atoms with van der Waals surface area (Å²) < 4.78 is 40.5. The Labute approximate surface area is 112 Å². The van der Waals surface area contributed by atoms with E-state index in [2.05, 4.69) is 32.6 Å². The molecule has 100 valence electrons. The highest BCUT2D eigenvalue weighted by Crippen LogP contribution is 2.24. The van der Waals surface area contributed by atoms with Gasteiger partial charge in [-0.3, -0.25) is 0 Å². The van der Waals surface area contributed by atoms with Gasteiger partial charge in [0.05, 0.1) is 0 Å². The van der Waals surface area contributed by atoms with Crippen LogP contribution in [0.2, 0.25) is 0 Å². The minimum Gasteiger partial charge on any atom is -0.406 e. The highest BCUT2D eigenvalue weighted by molar-refractivity contribution is 9.11. The van der Waals surface area contributed by atoms with Gasteiger partial charge in [-0.05, 0) is 24.6 Å². The second kappa shape index (κ2) is 6.24. The van der Waals surface area contributed by atoms with Gasteiger partial charge < -0.3 is 10.1 Å². The molecule has 1 unspecified atom stereocenters. The molecule has 0 spiro atoms. The van der Waals surface area contributed by atoms with Crippen molar-refractivity contribution in [2.45, 2.75) is 19.3 Å². The first-order valence-corrected chi connectivity index (χ1v) is 5.99. The van der Waals surface area contributed by atoms with Crippen LogP contribution in [0.4, 0.5) is 13.2 Å². The molecule has 0 heterocycles. The molecular formula is C12H13BrF3NO. The Morgan fingerprint density at radius 1 is 1.39 bits per heavy atom. The van der Waals surface area contributed by atoms with Gasteiger partial charge in [0.2, 0.25) is 0 Å². The summed E-state index contributed by atoms with van der Waals surface area (Å²) in [5.74, 6) is -0.219. The predicted octanol–water partition coefficient (Wildman–Crippen LogP) is 4.14. The maximum atomic E-state index is 12.0. The van der Waals surface area contributed by atoms with E-state index in [4.69, 9.17) is 0 Å². The molecule has 1 N–H and O–H groups in total. The number of rotatable bonds is 5. The van der Waals surface area contributed by atoms with Gasteiger partial charge in [-0.25, -0.2) is 0 Å². The second-order valence-electron chi connectivity index (χ2n) is 3.74.